The van der Waals surface area contributed by atoms with E-state index in [2.05, 4.69) is 15.5 Å². The molecule has 0 unspecified atom stereocenters. The predicted molar refractivity (Wildman–Crippen MR) is 77.6 cm³/mol. The van der Waals surface area contributed by atoms with Gasteiger partial charge in [0.05, 0.1) is 11.8 Å². The van der Waals surface area contributed by atoms with E-state index >= 15 is 0 Å². The van der Waals surface area contributed by atoms with Gasteiger partial charge in [0.2, 0.25) is 0 Å². The predicted octanol–water partition coefficient (Wildman–Crippen LogP) is 2.64. The van der Waals surface area contributed by atoms with E-state index in [-0.39, 0.29) is 0 Å². The van der Waals surface area contributed by atoms with Crippen molar-refractivity contribution in [3.8, 4) is 0 Å². The second kappa shape index (κ2) is 6.64. The van der Waals surface area contributed by atoms with Crippen molar-refractivity contribution in [1.29, 1.82) is 0 Å². The molecule has 0 aromatic carbocycles. The minimum Gasteiger partial charge on any atom is -0.389 e. The normalized spacial score (nSPS) is 17.8. The van der Waals surface area contributed by atoms with Gasteiger partial charge in [-0.15, -0.1) is 5.10 Å². The summed E-state index contributed by atoms with van der Waals surface area (Å²) in [5.41, 5.74) is 6.49. The molecule has 0 spiro atoms. The van der Waals surface area contributed by atoms with E-state index in [4.69, 9.17) is 18.0 Å². The maximum Gasteiger partial charge on any atom is 0.159 e. The van der Waals surface area contributed by atoms with Gasteiger partial charge in [0.1, 0.15) is 4.99 Å². The lowest BCUT2D eigenvalue weighted by molar-refractivity contribution is 0.470. The number of hydrogen-bond donors (Lipinski definition) is 2. The quantitative estimate of drug-likeness (QED) is 0.822. The van der Waals surface area contributed by atoms with Gasteiger partial charge in [-0.25, -0.2) is 0 Å². The van der Waals surface area contributed by atoms with Crippen LogP contribution in [0.1, 0.15) is 50.5 Å². The first-order valence-corrected chi connectivity index (χ1v) is 7.06. The highest BCUT2D eigenvalue weighted by Gasteiger charge is 2.14. The Morgan fingerprint density at radius 1 is 1.22 bits per heavy atom. The third-order valence-corrected chi connectivity index (χ3v) is 3.65. The van der Waals surface area contributed by atoms with Crippen LogP contribution in [0.15, 0.2) is 12.3 Å². The van der Waals surface area contributed by atoms with Crippen LogP contribution in [0.4, 0.5) is 5.82 Å². The van der Waals surface area contributed by atoms with Gasteiger partial charge < -0.3 is 11.1 Å². The molecule has 18 heavy (non-hydrogen) atoms. The molecular weight excluding hydrogens is 244 g/mol. The Hall–Kier alpha value is -1.23. The zero-order chi connectivity index (χ0) is 12.8. The summed E-state index contributed by atoms with van der Waals surface area (Å²) in [6.07, 6.45) is 10.6. The molecule has 1 aromatic heterocycles. The number of anilines is 1. The van der Waals surface area contributed by atoms with E-state index in [0.717, 1.165) is 11.4 Å². The van der Waals surface area contributed by atoms with Crippen molar-refractivity contribution in [3.05, 3.63) is 17.8 Å². The number of aromatic nitrogens is 2. The van der Waals surface area contributed by atoms with Gasteiger partial charge in [-0.2, -0.15) is 5.10 Å². The molecule has 1 heterocycles. The van der Waals surface area contributed by atoms with Gasteiger partial charge >= 0.3 is 0 Å². The fourth-order valence-corrected chi connectivity index (χ4v) is 2.60. The van der Waals surface area contributed by atoms with E-state index in [0.29, 0.717) is 11.0 Å². The lowest BCUT2D eigenvalue weighted by Crippen LogP contribution is -2.24. The zero-order valence-corrected chi connectivity index (χ0v) is 11.4. The van der Waals surface area contributed by atoms with Crippen molar-refractivity contribution in [2.24, 2.45) is 5.73 Å². The van der Waals surface area contributed by atoms with E-state index < -0.39 is 0 Å². The van der Waals surface area contributed by atoms with Crippen molar-refractivity contribution in [1.82, 2.24) is 10.2 Å². The van der Waals surface area contributed by atoms with Gasteiger partial charge in [0, 0.05) is 6.04 Å². The van der Waals surface area contributed by atoms with Gasteiger partial charge in [-0.1, -0.05) is 44.3 Å². The summed E-state index contributed by atoms with van der Waals surface area (Å²) in [4.78, 5) is 0.373. The Bertz CT molecular complexity index is 400. The summed E-state index contributed by atoms with van der Waals surface area (Å²) < 4.78 is 0. The average molecular weight is 264 g/mol. The van der Waals surface area contributed by atoms with Crippen LogP contribution < -0.4 is 11.1 Å². The highest BCUT2D eigenvalue weighted by Crippen LogP contribution is 2.21. The SMILES string of the molecule is NC(=S)c1ccnnc1NC1CCCCCCC1. The lowest BCUT2D eigenvalue weighted by atomic mass is 9.96. The molecule has 0 bridgehead atoms. The van der Waals surface area contributed by atoms with Crippen LogP contribution in [0.25, 0.3) is 0 Å². The van der Waals surface area contributed by atoms with E-state index in [9.17, 15) is 0 Å². The van der Waals surface area contributed by atoms with Crippen LogP contribution in [-0.2, 0) is 0 Å². The Morgan fingerprint density at radius 3 is 2.56 bits per heavy atom. The van der Waals surface area contributed by atoms with Crippen LogP contribution in [0, 0.1) is 0 Å². The van der Waals surface area contributed by atoms with Gasteiger partial charge in [0.15, 0.2) is 5.82 Å². The van der Waals surface area contributed by atoms with E-state index in [1.807, 2.05) is 6.07 Å². The third kappa shape index (κ3) is 3.63. The molecule has 5 heteroatoms. The molecule has 3 N–H and O–H groups in total. The molecule has 4 nitrogen and oxygen atoms in total. The molecule has 0 radical (unpaired) electrons. The largest absolute Gasteiger partial charge is 0.389 e. The fourth-order valence-electron chi connectivity index (χ4n) is 2.43. The summed E-state index contributed by atoms with van der Waals surface area (Å²) in [6, 6.07) is 2.29. The Balaban J connectivity index is 2.05. The van der Waals surface area contributed by atoms with Gasteiger partial charge in [-0.05, 0) is 18.9 Å². The number of nitrogens with zero attached hydrogens (tertiary/aromatic N) is 2. The third-order valence-electron chi connectivity index (χ3n) is 3.43. The van der Waals surface area contributed by atoms with Gasteiger partial charge in [0.25, 0.3) is 0 Å². The maximum absolute atomic E-state index is 5.70. The monoisotopic (exact) mass is 264 g/mol. The smallest absolute Gasteiger partial charge is 0.159 e. The molecule has 0 saturated heterocycles. The topological polar surface area (TPSA) is 63.8 Å². The Morgan fingerprint density at radius 2 is 1.89 bits per heavy atom. The summed E-state index contributed by atoms with van der Waals surface area (Å²) in [7, 11) is 0. The molecule has 98 valence electrons. The second-order valence-corrected chi connectivity index (χ2v) is 5.28. The van der Waals surface area contributed by atoms with Crippen LogP contribution in [0.3, 0.4) is 0 Å². The minimum atomic E-state index is 0.373. The van der Waals surface area contributed by atoms with Crippen molar-refractivity contribution in [2.75, 3.05) is 5.32 Å². The summed E-state index contributed by atoms with van der Waals surface area (Å²) in [5, 5.41) is 11.5. The number of nitrogens with two attached hydrogens (primary N) is 1. The molecule has 1 aromatic rings. The summed E-state index contributed by atoms with van der Waals surface area (Å²) in [6.45, 7) is 0. The molecular formula is C13H20N4S. The highest BCUT2D eigenvalue weighted by atomic mass is 32.1. The highest BCUT2D eigenvalue weighted by molar-refractivity contribution is 7.80. The molecule has 1 fully saturated rings. The van der Waals surface area contributed by atoms with Crippen LogP contribution >= 0.6 is 12.2 Å². The van der Waals surface area contributed by atoms with Crippen LogP contribution in [0.5, 0.6) is 0 Å². The molecule has 2 rings (SSSR count). The molecule has 1 saturated carbocycles. The minimum absolute atomic E-state index is 0.373. The second-order valence-electron chi connectivity index (χ2n) is 4.84. The number of thiocarbonyl (C=S) groups is 1. The molecule has 0 atom stereocenters. The summed E-state index contributed by atoms with van der Waals surface area (Å²) >= 11 is 5.04. The molecule has 1 aliphatic rings. The van der Waals surface area contributed by atoms with Crippen LogP contribution in [-0.4, -0.2) is 21.2 Å². The molecule has 1 aliphatic carbocycles. The average Bonchev–Trinajstić information content (AvgIpc) is 2.33. The first-order chi connectivity index (χ1) is 8.77. The fraction of sp³-hybridized carbons (Fsp3) is 0.615. The van der Waals surface area contributed by atoms with Crippen LogP contribution in [0.2, 0.25) is 0 Å². The number of rotatable bonds is 3. The zero-order valence-electron chi connectivity index (χ0n) is 10.6. The first kappa shape index (κ1) is 13.2. The molecule has 0 aliphatic heterocycles. The van der Waals surface area contributed by atoms with Gasteiger partial charge in [-0.3, -0.25) is 0 Å². The van der Waals surface area contributed by atoms with Crippen molar-refractivity contribution in [3.63, 3.8) is 0 Å². The number of nitrogens with one attached hydrogen (secondary N) is 1. The molecule has 0 amide bonds. The maximum atomic E-state index is 5.70. The van der Waals surface area contributed by atoms with E-state index in [1.54, 1.807) is 6.20 Å². The van der Waals surface area contributed by atoms with Crippen molar-refractivity contribution in [2.45, 2.75) is 51.0 Å². The Kier molecular flexibility index (Phi) is 4.87. The Labute approximate surface area is 113 Å². The first-order valence-electron chi connectivity index (χ1n) is 6.65. The lowest BCUT2D eigenvalue weighted by Gasteiger charge is -2.22. The van der Waals surface area contributed by atoms with Crippen molar-refractivity contribution >= 4 is 23.0 Å². The van der Waals surface area contributed by atoms with Crippen molar-refractivity contribution < 1.29 is 0 Å². The standard InChI is InChI=1S/C13H20N4S/c14-12(18)11-8-9-15-17-13(11)16-10-6-4-2-1-3-5-7-10/h8-10H,1-7H2,(H2,14,18)(H,16,17). The number of hydrogen-bond acceptors (Lipinski definition) is 4. The summed E-state index contributed by atoms with van der Waals surface area (Å²) in [5.74, 6) is 0.732. The van der Waals surface area contributed by atoms with E-state index in [1.165, 1.54) is 44.9 Å².